The molecule has 1 N–H and O–H groups in total. The molecule has 0 spiro atoms. The van der Waals surface area contributed by atoms with Gasteiger partial charge in [0.1, 0.15) is 11.3 Å². The number of aromatic hydroxyl groups is 1. The van der Waals surface area contributed by atoms with E-state index in [1.165, 1.54) is 24.0 Å². The maximum Gasteiger partial charge on any atom is 0.146 e. The van der Waals surface area contributed by atoms with E-state index < -0.39 is 0 Å². The SMILES string of the molecule is CC(C)c1ccc(COCc2cc(CN3CCCC3)c(O)c3ncccc23)cc1. The molecular weight excluding hydrogens is 360 g/mol. The van der Waals surface area contributed by atoms with Crippen LogP contribution in [0.25, 0.3) is 10.9 Å². The van der Waals surface area contributed by atoms with Gasteiger partial charge < -0.3 is 9.84 Å². The molecule has 29 heavy (non-hydrogen) atoms. The zero-order valence-corrected chi connectivity index (χ0v) is 17.4. The number of nitrogens with zero attached hydrogens (tertiary/aromatic N) is 2. The number of likely N-dealkylation sites (tertiary alicyclic amines) is 1. The van der Waals surface area contributed by atoms with Gasteiger partial charge in [-0.25, -0.2) is 0 Å². The summed E-state index contributed by atoms with van der Waals surface area (Å²) in [5, 5.41) is 11.7. The quantitative estimate of drug-likeness (QED) is 0.589. The van der Waals surface area contributed by atoms with Gasteiger partial charge >= 0.3 is 0 Å². The van der Waals surface area contributed by atoms with Gasteiger partial charge in [-0.05, 0) is 60.7 Å². The molecule has 0 unspecified atom stereocenters. The summed E-state index contributed by atoms with van der Waals surface area (Å²) in [6.07, 6.45) is 4.21. The van der Waals surface area contributed by atoms with E-state index in [1.807, 2.05) is 12.1 Å². The smallest absolute Gasteiger partial charge is 0.146 e. The van der Waals surface area contributed by atoms with Crippen LogP contribution in [0.3, 0.4) is 0 Å². The number of benzene rings is 2. The number of rotatable bonds is 7. The van der Waals surface area contributed by atoms with E-state index in [4.69, 9.17) is 4.74 Å². The predicted octanol–water partition coefficient (Wildman–Crippen LogP) is 5.38. The third-order valence-corrected chi connectivity index (χ3v) is 5.80. The molecule has 0 bridgehead atoms. The fraction of sp³-hybridized carbons (Fsp3) is 0.400. The first-order valence-corrected chi connectivity index (χ1v) is 10.6. The molecular formula is C25H30N2O2. The monoisotopic (exact) mass is 390 g/mol. The van der Waals surface area contributed by atoms with Crippen LogP contribution >= 0.6 is 0 Å². The van der Waals surface area contributed by atoms with Crippen LogP contribution in [0.1, 0.15) is 54.9 Å². The first-order chi connectivity index (χ1) is 14.1. The Morgan fingerprint density at radius 2 is 1.79 bits per heavy atom. The zero-order valence-electron chi connectivity index (χ0n) is 17.4. The second-order valence-corrected chi connectivity index (χ2v) is 8.32. The average molecular weight is 391 g/mol. The predicted molar refractivity (Wildman–Crippen MR) is 117 cm³/mol. The summed E-state index contributed by atoms with van der Waals surface area (Å²) >= 11 is 0. The van der Waals surface area contributed by atoms with E-state index >= 15 is 0 Å². The van der Waals surface area contributed by atoms with Crippen molar-refractivity contribution in [2.45, 2.75) is 52.4 Å². The van der Waals surface area contributed by atoms with Crippen molar-refractivity contribution in [3.8, 4) is 5.75 Å². The molecule has 2 heterocycles. The minimum atomic E-state index is 0.306. The highest BCUT2D eigenvalue weighted by Crippen LogP contribution is 2.32. The molecule has 1 saturated heterocycles. The van der Waals surface area contributed by atoms with Crippen molar-refractivity contribution in [2.24, 2.45) is 0 Å². The second kappa shape index (κ2) is 8.93. The molecule has 3 aromatic rings. The third kappa shape index (κ3) is 4.60. The summed E-state index contributed by atoms with van der Waals surface area (Å²) in [5.74, 6) is 0.843. The second-order valence-electron chi connectivity index (χ2n) is 8.32. The van der Waals surface area contributed by atoms with Crippen LogP contribution in [0.2, 0.25) is 0 Å². The number of phenols is 1. The minimum Gasteiger partial charge on any atom is -0.505 e. The van der Waals surface area contributed by atoms with Gasteiger partial charge in [0.05, 0.1) is 13.2 Å². The van der Waals surface area contributed by atoms with Gasteiger partial charge in [-0.3, -0.25) is 9.88 Å². The Morgan fingerprint density at radius 1 is 1.03 bits per heavy atom. The number of hydrogen-bond acceptors (Lipinski definition) is 4. The normalized spacial score (nSPS) is 14.9. The third-order valence-electron chi connectivity index (χ3n) is 5.80. The molecule has 1 aliphatic heterocycles. The molecule has 2 aromatic carbocycles. The van der Waals surface area contributed by atoms with Gasteiger partial charge in [0.25, 0.3) is 0 Å². The van der Waals surface area contributed by atoms with Crippen molar-refractivity contribution < 1.29 is 9.84 Å². The van der Waals surface area contributed by atoms with Gasteiger partial charge in [-0.15, -0.1) is 0 Å². The number of pyridine rings is 1. The van der Waals surface area contributed by atoms with E-state index in [9.17, 15) is 5.11 Å². The topological polar surface area (TPSA) is 45.6 Å². The van der Waals surface area contributed by atoms with Crippen LogP contribution in [0.4, 0.5) is 0 Å². The number of phenolic OH excluding ortho intramolecular Hbond substituents is 1. The fourth-order valence-electron chi connectivity index (χ4n) is 4.06. The molecule has 4 nitrogen and oxygen atoms in total. The van der Waals surface area contributed by atoms with Gasteiger partial charge in [-0.2, -0.15) is 0 Å². The van der Waals surface area contributed by atoms with Gasteiger partial charge in [0.15, 0.2) is 0 Å². The van der Waals surface area contributed by atoms with Crippen molar-refractivity contribution in [3.63, 3.8) is 0 Å². The molecule has 1 aliphatic rings. The van der Waals surface area contributed by atoms with Crippen LogP contribution in [-0.2, 0) is 24.5 Å². The maximum absolute atomic E-state index is 10.8. The largest absolute Gasteiger partial charge is 0.505 e. The number of fused-ring (bicyclic) bond motifs is 1. The van der Waals surface area contributed by atoms with Gasteiger partial charge in [0, 0.05) is 23.7 Å². The summed E-state index contributed by atoms with van der Waals surface area (Å²) in [6.45, 7) is 8.44. The number of ether oxygens (including phenoxy) is 1. The average Bonchev–Trinajstić information content (AvgIpc) is 3.25. The zero-order chi connectivity index (χ0) is 20.2. The molecule has 0 aliphatic carbocycles. The van der Waals surface area contributed by atoms with Crippen molar-refractivity contribution in [1.29, 1.82) is 0 Å². The highest BCUT2D eigenvalue weighted by Gasteiger charge is 2.17. The molecule has 0 saturated carbocycles. The van der Waals surface area contributed by atoms with E-state index in [0.29, 0.717) is 30.4 Å². The van der Waals surface area contributed by atoms with Crippen LogP contribution in [0.15, 0.2) is 48.7 Å². The Kier molecular flexibility index (Phi) is 6.12. The lowest BCUT2D eigenvalue weighted by atomic mass is 10.0. The first kappa shape index (κ1) is 19.9. The lowest BCUT2D eigenvalue weighted by molar-refractivity contribution is 0.108. The van der Waals surface area contributed by atoms with E-state index in [2.05, 4.69) is 54.1 Å². The molecule has 0 amide bonds. The summed E-state index contributed by atoms with van der Waals surface area (Å²) in [7, 11) is 0. The van der Waals surface area contributed by atoms with Gasteiger partial charge in [-0.1, -0.05) is 44.2 Å². The van der Waals surface area contributed by atoms with Crippen molar-refractivity contribution in [2.75, 3.05) is 13.1 Å². The fourth-order valence-corrected chi connectivity index (χ4v) is 4.06. The highest BCUT2D eigenvalue weighted by atomic mass is 16.5. The van der Waals surface area contributed by atoms with E-state index in [1.54, 1.807) is 6.20 Å². The highest BCUT2D eigenvalue weighted by molar-refractivity contribution is 5.88. The molecule has 1 fully saturated rings. The Morgan fingerprint density at radius 3 is 2.52 bits per heavy atom. The standard InChI is InChI=1S/C25H30N2O2/c1-18(2)20-9-7-19(8-10-20)16-29-17-22-14-21(15-27-12-3-4-13-27)25(28)24-23(22)6-5-11-26-24/h5-11,14,18,28H,3-4,12-13,15-17H2,1-2H3. The van der Waals surface area contributed by atoms with Crippen LogP contribution in [0.5, 0.6) is 5.75 Å². The molecule has 152 valence electrons. The summed E-state index contributed by atoms with van der Waals surface area (Å²) in [4.78, 5) is 6.84. The van der Waals surface area contributed by atoms with Crippen LogP contribution < -0.4 is 0 Å². The lowest BCUT2D eigenvalue weighted by Gasteiger charge is -2.18. The number of hydrogen-bond donors (Lipinski definition) is 1. The molecule has 0 radical (unpaired) electrons. The Hall–Kier alpha value is -2.43. The first-order valence-electron chi connectivity index (χ1n) is 10.6. The Bertz CT molecular complexity index is 960. The summed E-state index contributed by atoms with van der Waals surface area (Å²) in [5.41, 5.74) is 5.21. The molecule has 0 atom stereocenters. The summed E-state index contributed by atoms with van der Waals surface area (Å²) < 4.78 is 6.06. The van der Waals surface area contributed by atoms with Crippen molar-refractivity contribution in [3.05, 3.63) is 70.9 Å². The molecule has 4 rings (SSSR count). The van der Waals surface area contributed by atoms with Crippen LogP contribution in [0, 0.1) is 0 Å². The minimum absolute atomic E-state index is 0.306. The summed E-state index contributed by atoms with van der Waals surface area (Å²) in [6, 6.07) is 14.7. The molecule has 1 aromatic heterocycles. The van der Waals surface area contributed by atoms with Gasteiger partial charge in [0.2, 0.25) is 0 Å². The van der Waals surface area contributed by atoms with E-state index in [-0.39, 0.29) is 0 Å². The van der Waals surface area contributed by atoms with E-state index in [0.717, 1.165) is 36.1 Å². The van der Waals surface area contributed by atoms with Crippen molar-refractivity contribution >= 4 is 10.9 Å². The molecule has 4 heteroatoms. The maximum atomic E-state index is 10.8. The Balaban J connectivity index is 1.51. The lowest BCUT2D eigenvalue weighted by Crippen LogP contribution is -2.18. The Labute approximate surface area is 173 Å². The van der Waals surface area contributed by atoms with Crippen molar-refractivity contribution in [1.82, 2.24) is 9.88 Å². The number of aromatic nitrogens is 1. The van der Waals surface area contributed by atoms with Crippen LogP contribution in [-0.4, -0.2) is 28.1 Å².